The van der Waals surface area contributed by atoms with E-state index >= 15 is 0 Å². The highest BCUT2D eigenvalue weighted by Crippen LogP contribution is 2.47. The molecule has 0 aromatic carbocycles. The molecule has 0 bridgehead atoms. The van der Waals surface area contributed by atoms with Crippen LogP contribution in [0.4, 0.5) is 0 Å². The van der Waals surface area contributed by atoms with Gasteiger partial charge in [0, 0.05) is 18.4 Å². The minimum absolute atomic E-state index is 0.139. The lowest BCUT2D eigenvalue weighted by atomic mass is 9.71. The zero-order valence-corrected chi connectivity index (χ0v) is 13.7. The molecular weight excluding hydrogens is 278 g/mol. The number of hydrogen-bond donors (Lipinski definition) is 0. The van der Waals surface area contributed by atoms with Gasteiger partial charge < -0.3 is 4.74 Å². The summed E-state index contributed by atoms with van der Waals surface area (Å²) in [6.45, 7) is 4.70. The number of thiazole rings is 1. The lowest BCUT2D eigenvalue weighted by molar-refractivity contribution is -0.0668. The van der Waals surface area contributed by atoms with Crippen molar-refractivity contribution < 1.29 is 4.74 Å². The van der Waals surface area contributed by atoms with Gasteiger partial charge in [-0.15, -0.1) is 22.9 Å². The van der Waals surface area contributed by atoms with Gasteiger partial charge in [0.1, 0.15) is 10.6 Å². The van der Waals surface area contributed by atoms with Crippen LogP contribution >= 0.6 is 22.9 Å². The molecule has 1 fully saturated rings. The molecule has 0 atom stereocenters. The second-order valence-corrected chi connectivity index (χ2v) is 7.54. The minimum Gasteiger partial charge on any atom is -0.371 e. The second kappa shape index (κ2) is 6.11. The van der Waals surface area contributed by atoms with Crippen LogP contribution in [0.15, 0.2) is 5.38 Å². The topological polar surface area (TPSA) is 22.1 Å². The summed E-state index contributed by atoms with van der Waals surface area (Å²) in [5.41, 5.74) is 1.47. The first-order valence-electron chi connectivity index (χ1n) is 7.07. The molecule has 1 aliphatic rings. The molecule has 1 saturated carbocycles. The average Bonchev–Trinajstić information content (AvgIpc) is 2.86. The SMILES string of the molecule is COC1(c2nc(CCCCl)cs2)CCC(C)(C)CC1. The largest absolute Gasteiger partial charge is 0.371 e. The number of nitrogens with zero attached hydrogens (tertiary/aromatic N) is 1. The van der Waals surface area contributed by atoms with Gasteiger partial charge in [0.2, 0.25) is 0 Å². The van der Waals surface area contributed by atoms with E-state index in [9.17, 15) is 0 Å². The molecule has 0 amide bonds. The van der Waals surface area contributed by atoms with E-state index in [1.165, 1.54) is 18.5 Å². The van der Waals surface area contributed by atoms with Crippen molar-refractivity contribution in [2.24, 2.45) is 5.41 Å². The first kappa shape index (κ1) is 15.3. The van der Waals surface area contributed by atoms with Crippen molar-refractivity contribution >= 4 is 22.9 Å². The fraction of sp³-hybridized carbons (Fsp3) is 0.800. The highest BCUT2D eigenvalue weighted by atomic mass is 35.5. The van der Waals surface area contributed by atoms with Crippen molar-refractivity contribution in [3.05, 3.63) is 16.1 Å². The lowest BCUT2D eigenvalue weighted by Gasteiger charge is -2.41. The summed E-state index contributed by atoms with van der Waals surface area (Å²) in [4.78, 5) is 4.80. The maximum Gasteiger partial charge on any atom is 0.125 e. The van der Waals surface area contributed by atoms with Crippen molar-refractivity contribution in [3.8, 4) is 0 Å². The van der Waals surface area contributed by atoms with Crippen LogP contribution in [0.2, 0.25) is 0 Å². The van der Waals surface area contributed by atoms with Crippen molar-refractivity contribution in [3.63, 3.8) is 0 Å². The first-order chi connectivity index (χ1) is 9.01. The molecule has 1 aromatic rings. The molecule has 2 nitrogen and oxygen atoms in total. The molecule has 4 heteroatoms. The van der Waals surface area contributed by atoms with Gasteiger partial charge in [-0.05, 0) is 43.9 Å². The number of methoxy groups -OCH3 is 1. The number of aromatic nitrogens is 1. The summed E-state index contributed by atoms with van der Waals surface area (Å²) in [5.74, 6) is 0.705. The Morgan fingerprint density at radius 2 is 2.00 bits per heavy atom. The number of aryl methyl sites for hydroxylation is 1. The van der Waals surface area contributed by atoms with Gasteiger partial charge in [-0.3, -0.25) is 0 Å². The Bertz CT molecular complexity index is 406. The van der Waals surface area contributed by atoms with E-state index in [1.54, 1.807) is 11.3 Å². The Morgan fingerprint density at radius 1 is 1.32 bits per heavy atom. The highest BCUT2D eigenvalue weighted by molar-refractivity contribution is 7.09. The Balaban J connectivity index is 2.11. The second-order valence-electron chi connectivity index (χ2n) is 6.30. The molecule has 0 unspecified atom stereocenters. The molecule has 0 spiro atoms. The smallest absolute Gasteiger partial charge is 0.125 e. The predicted molar refractivity (Wildman–Crippen MR) is 82.1 cm³/mol. The maximum atomic E-state index is 5.90. The van der Waals surface area contributed by atoms with E-state index in [0.717, 1.165) is 30.7 Å². The number of rotatable bonds is 5. The third-order valence-corrected chi connectivity index (χ3v) is 5.65. The first-order valence-corrected chi connectivity index (χ1v) is 8.49. The molecule has 0 radical (unpaired) electrons. The number of alkyl halides is 1. The molecule has 1 heterocycles. The fourth-order valence-corrected chi connectivity index (χ4v) is 3.94. The fourth-order valence-electron chi connectivity index (χ4n) is 2.71. The van der Waals surface area contributed by atoms with Crippen molar-refractivity contribution in [1.82, 2.24) is 4.98 Å². The molecule has 1 aliphatic carbocycles. The normalized spacial score (nSPS) is 21.5. The quantitative estimate of drug-likeness (QED) is 0.732. The van der Waals surface area contributed by atoms with Gasteiger partial charge in [0.25, 0.3) is 0 Å². The number of halogens is 1. The lowest BCUT2D eigenvalue weighted by Crippen LogP contribution is -2.36. The Morgan fingerprint density at radius 3 is 2.58 bits per heavy atom. The summed E-state index contributed by atoms with van der Waals surface area (Å²) in [5, 5.41) is 3.33. The number of ether oxygens (including phenoxy) is 1. The van der Waals surface area contributed by atoms with Gasteiger partial charge in [0.15, 0.2) is 0 Å². The van der Waals surface area contributed by atoms with Crippen molar-refractivity contribution in [2.75, 3.05) is 13.0 Å². The van der Waals surface area contributed by atoms with E-state index < -0.39 is 0 Å². The van der Waals surface area contributed by atoms with Crippen molar-refractivity contribution in [2.45, 2.75) is 58.0 Å². The predicted octanol–water partition coefficient (Wildman–Crippen LogP) is 4.76. The molecule has 19 heavy (non-hydrogen) atoms. The molecule has 0 N–H and O–H groups in total. The number of hydrogen-bond acceptors (Lipinski definition) is 3. The van der Waals surface area contributed by atoms with Crippen LogP contribution in [-0.2, 0) is 16.8 Å². The van der Waals surface area contributed by atoms with Crippen LogP contribution in [-0.4, -0.2) is 18.0 Å². The van der Waals surface area contributed by atoms with E-state index in [4.69, 9.17) is 21.3 Å². The van der Waals surface area contributed by atoms with Gasteiger partial charge >= 0.3 is 0 Å². The Labute approximate surface area is 125 Å². The summed E-state index contributed by atoms with van der Waals surface area (Å²) in [6.07, 6.45) is 6.55. The average molecular weight is 302 g/mol. The Kier molecular flexibility index (Phi) is 4.91. The third kappa shape index (κ3) is 3.50. The highest BCUT2D eigenvalue weighted by Gasteiger charge is 2.41. The van der Waals surface area contributed by atoms with E-state index in [1.807, 2.05) is 7.11 Å². The van der Waals surface area contributed by atoms with Gasteiger partial charge in [-0.25, -0.2) is 4.98 Å². The van der Waals surface area contributed by atoms with Crippen LogP contribution in [0.25, 0.3) is 0 Å². The van der Waals surface area contributed by atoms with Crippen LogP contribution < -0.4 is 0 Å². The molecule has 1 aromatic heterocycles. The van der Waals surface area contributed by atoms with Gasteiger partial charge in [-0.2, -0.15) is 0 Å². The summed E-state index contributed by atoms with van der Waals surface area (Å²) >= 11 is 7.49. The van der Waals surface area contributed by atoms with Crippen LogP contribution in [0.1, 0.15) is 56.7 Å². The van der Waals surface area contributed by atoms with Gasteiger partial charge in [0.05, 0.1) is 5.69 Å². The van der Waals surface area contributed by atoms with E-state index in [0.29, 0.717) is 11.3 Å². The standard InChI is InChI=1S/C15H24ClNOS/c1-14(2)6-8-15(18-3,9-7-14)13-17-12(11-19-13)5-4-10-16/h11H,4-10H2,1-3H3. The molecule has 0 aliphatic heterocycles. The molecule has 0 saturated heterocycles. The zero-order valence-electron chi connectivity index (χ0n) is 12.2. The summed E-state index contributed by atoms with van der Waals surface area (Å²) in [6, 6.07) is 0. The molecule has 2 rings (SSSR count). The summed E-state index contributed by atoms with van der Waals surface area (Å²) in [7, 11) is 1.83. The molecule has 108 valence electrons. The van der Waals surface area contributed by atoms with Crippen LogP contribution in [0.3, 0.4) is 0 Å². The Hall–Kier alpha value is -0.120. The molecular formula is C15H24ClNOS. The third-order valence-electron chi connectivity index (χ3n) is 4.31. The maximum absolute atomic E-state index is 5.90. The summed E-state index contributed by atoms with van der Waals surface area (Å²) < 4.78 is 5.90. The van der Waals surface area contributed by atoms with Crippen LogP contribution in [0.5, 0.6) is 0 Å². The zero-order chi connectivity index (χ0) is 13.9. The van der Waals surface area contributed by atoms with Crippen LogP contribution in [0, 0.1) is 5.41 Å². The monoisotopic (exact) mass is 301 g/mol. The van der Waals surface area contributed by atoms with E-state index in [-0.39, 0.29) is 5.60 Å². The van der Waals surface area contributed by atoms with Crippen molar-refractivity contribution in [1.29, 1.82) is 0 Å². The minimum atomic E-state index is -0.139. The van der Waals surface area contributed by atoms with E-state index in [2.05, 4.69) is 19.2 Å². The van der Waals surface area contributed by atoms with Gasteiger partial charge in [-0.1, -0.05) is 13.8 Å².